The van der Waals surface area contributed by atoms with Crippen LogP contribution in [0.3, 0.4) is 0 Å². The maximum atomic E-state index is 12.5. The Morgan fingerprint density at radius 3 is 2.73 bits per heavy atom. The highest BCUT2D eigenvalue weighted by atomic mass is 19.1. The van der Waals surface area contributed by atoms with Crippen molar-refractivity contribution in [3.63, 3.8) is 0 Å². The van der Waals surface area contributed by atoms with E-state index >= 15 is 0 Å². The normalized spacial score (nSPS) is 10.3. The summed E-state index contributed by atoms with van der Waals surface area (Å²) >= 11 is 0. The van der Waals surface area contributed by atoms with Crippen molar-refractivity contribution in [2.24, 2.45) is 0 Å². The van der Waals surface area contributed by atoms with Crippen LogP contribution >= 0.6 is 0 Å². The lowest BCUT2D eigenvalue weighted by Crippen LogP contribution is -2.03. The second-order valence-corrected chi connectivity index (χ2v) is 3.01. The molecule has 1 N–H and O–H groups in total. The summed E-state index contributed by atoms with van der Waals surface area (Å²) in [6, 6.07) is 1.80. The smallest absolute Gasteiger partial charge is 0.223 e. The Labute approximate surface area is 85.3 Å². The average Bonchev–Trinajstić information content (AvgIpc) is 2.64. The van der Waals surface area contributed by atoms with Crippen LogP contribution in [-0.2, 0) is 6.54 Å². The van der Waals surface area contributed by atoms with E-state index in [9.17, 15) is 4.39 Å². The fraction of sp³-hybridized carbons (Fsp3) is 0.222. The number of anilines is 1. The molecule has 0 bridgehead atoms. The van der Waals surface area contributed by atoms with E-state index in [-0.39, 0.29) is 0 Å². The molecule has 0 atom stereocenters. The lowest BCUT2D eigenvalue weighted by atomic mass is 10.4. The molecule has 0 radical (unpaired) electrons. The van der Waals surface area contributed by atoms with E-state index < -0.39 is 5.82 Å². The van der Waals surface area contributed by atoms with Crippen LogP contribution in [0.15, 0.2) is 23.0 Å². The quantitative estimate of drug-likeness (QED) is 0.828. The molecule has 0 fully saturated rings. The van der Waals surface area contributed by atoms with E-state index in [1.165, 1.54) is 0 Å². The molecule has 0 unspecified atom stereocenters. The number of aryl methyl sites for hydroxylation is 1. The number of nitrogens with zero attached hydrogens (tertiary/aromatic N) is 3. The predicted molar refractivity (Wildman–Crippen MR) is 50.6 cm³/mol. The van der Waals surface area contributed by atoms with Crippen molar-refractivity contribution in [2.75, 3.05) is 5.32 Å². The molecule has 2 heterocycles. The molecule has 0 spiro atoms. The Morgan fingerprint density at radius 2 is 2.13 bits per heavy atom. The van der Waals surface area contributed by atoms with Crippen molar-refractivity contribution < 1.29 is 8.91 Å². The zero-order chi connectivity index (χ0) is 10.7. The molecule has 5 nitrogen and oxygen atoms in total. The Bertz CT molecular complexity index is 440. The minimum Gasteiger partial charge on any atom is -0.361 e. The molecular formula is C9H9FN4O. The largest absolute Gasteiger partial charge is 0.361 e. The molecule has 6 heteroatoms. The predicted octanol–water partition coefficient (Wildman–Crippen LogP) is 1.52. The van der Waals surface area contributed by atoms with Crippen molar-refractivity contribution in [2.45, 2.75) is 13.5 Å². The van der Waals surface area contributed by atoms with Crippen LogP contribution in [0.2, 0.25) is 0 Å². The second-order valence-electron chi connectivity index (χ2n) is 3.01. The second kappa shape index (κ2) is 4.04. The molecular weight excluding hydrogens is 199 g/mol. The molecule has 2 aromatic heterocycles. The molecule has 0 aliphatic rings. The lowest BCUT2D eigenvalue weighted by molar-refractivity contribution is 0.391. The van der Waals surface area contributed by atoms with Crippen LogP contribution in [0.1, 0.15) is 11.5 Å². The van der Waals surface area contributed by atoms with Crippen molar-refractivity contribution >= 4 is 5.95 Å². The van der Waals surface area contributed by atoms with E-state index in [1.54, 1.807) is 6.07 Å². The Kier molecular flexibility index (Phi) is 2.57. The van der Waals surface area contributed by atoms with E-state index in [4.69, 9.17) is 4.52 Å². The fourth-order valence-electron chi connectivity index (χ4n) is 1.07. The third-order valence-corrected chi connectivity index (χ3v) is 1.72. The maximum Gasteiger partial charge on any atom is 0.223 e. The van der Waals surface area contributed by atoms with Crippen LogP contribution in [0, 0.1) is 12.7 Å². The van der Waals surface area contributed by atoms with Crippen LogP contribution in [0.4, 0.5) is 10.3 Å². The first-order valence-electron chi connectivity index (χ1n) is 4.37. The Morgan fingerprint density at radius 1 is 1.40 bits per heavy atom. The fourth-order valence-corrected chi connectivity index (χ4v) is 1.07. The summed E-state index contributed by atoms with van der Waals surface area (Å²) in [4.78, 5) is 7.49. The number of aromatic nitrogens is 3. The molecule has 0 saturated carbocycles. The summed E-state index contributed by atoms with van der Waals surface area (Å²) in [5.74, 6) is 0.640. The van der Waals surface area contributed by atoms with Gasteiger partial charge in [-0.1, -0.05) is 5.16 Å². The molecule has 0 aliphatic carbocycles. The molecule has 78 valence electrons. The summed E-state index contributed by atoms with van der Waals surface area (Å²) in [7, 11) is 0. The average molecular weight is 208 g/mol. The monoisotopic (exact) mass is 208 g/mol. The number of hydrogen-bond donors (Lipinski definition) is 1. The highest BCUT2D eigenvalue weighted by Gasteiger charge is 2.01. The summed E-state index contributed by atoms with van der Waals surface area (Å²) in [6.45, 7) is 2.26. The summed E-state index contributed by atoms with van der Waals surface area (Å²) in [5.41, 5.74) is 0.750. The molecule has 15 heavy (non-hydrogen) atoms. The zero-order valence-corrected chi connectivity index (χ0v) is 8.07. The first kappa shape index (κ1) is 9.57. The van der Waals surface area contributed by atoms with Gasteiger partial charge in [0.2, 0.25) is 5.95 Å². The van der Waals surface area contributed by atoms with Crippen LogP contribution in [0.5, 0.6) is 0 Å². The molecule has 2 aromatic rings. The summed E-state index contributed by atoms with van der Waals surface area (Å²) in [5, 5.41) is 6.67. The first-order chi connectivity index (χ1) is 7.24. The van der Waals surface area contributed by atoms with Crippen molar-refractivity contribution in [3.8, 4) is 0 Å². The Balaban J connectivity index is 1.96. The minimum atomic E-state index is -0.460. The molecule has 0 aromatic carbocycles. The number of hydrogen-bond acceptors (Lipinski definition) is 5. The lowest BCUT2D eigenvalue weighted by Gasteiger charge is -2.00. The van der Waals surface area contributed by atoms with Crippen molar-refractivity contribution in [1.82, 2.24) is 15.1 Å². The van der Waals surface area contributed by atoms with Gasteiger partial charge in [0.05, 0.1) is 18.9 Å². The van der Waals surface area contributed by atoms with Crippen LogP contribution in [-0.4, -0.2) is 15.1 Å². The van der Waals surface area contributed by atoms with Gasteiger partial charge in [-0.25, -0.2) is 14.4 Å². The molecule has 0 amide bonds. The number of nitrogens with one attached hydrogen (secondary N) is 1. The topological polar surface area (TPSA) is 63.8 Å². The van der Waals surface area contributed by atoms with Crippen LogP contribution in [0.25, 0.3) is 0 Å². The van der Waals surface area contributed by atoms with Gasteiger partial charge in [-0.05, 0) is 6.92 Å². The van der Waals surface area contributed by atoms with E-state index in [0.29, 0.717) is 12.5 Å². The van der Waals surface area contributed by atoms with Gasteiger partial charge in [0.25, 0.3) is 0 Å². The van der Waals surface area contributed by atoms with Gasteiger partial charge in [0, 0.05) is 6.07 Å². The van der Waals surface area contributed by atoms with Gasteiger partial charge in [-0.15, -0.1) is 0 Å². The van der Waals surface area contributed by atoms with Gasteiger partial charge in [0.15, 0.2) is 5.82 Å². The van der Waals surface area contributed by atoms with Crippen molar-refractivity contribution in [3.05, 3.63) is 35.7 Å². The SMILES string of the molecule is Cc1cc(CNc2ncc(F)cn2)no1. The number of rotatable bonds is 3. The number of halogens is 1. The van der Waals surface area contributed by atoms with Gasteiger partial charge >= 0.3 is 0 Å². The van der Waals surface area contributed by atoms with E-state index in [1.807, 2.05) is 6.92 Å². The molecule has 2 rings (SSSR count). The molecule has 0 aliphatic heterocycles. The zero-order valence-electron chi connectivity index (χ0n) is 8.07. The third kappa shape index (κ3) is 2.49. The minimum absolute atomic E-state index is 0.358. The first-order valence-corrected chi connectivity index (χ1v) is 4.37. The highest BCUT2D eigenvalue weighted by Crippen LogP contribution is 2.04. The van der Waals surface area contributed by atoms with Gasteiger partial charge < -0.3 is 9.84 Å². The van der Waals surface area contributed by atoms with E-state index in [2.05, 4.69) is 20.4 Å². The van der Waals surface area contributed by atoms with Crippen molar-refractivity contribution in [1.29, 1.82) is 0 Å². The van der Waals surface area contributed by atoms with Gasteiger partial charge in [-0.2, -0.15) is 0 Å². The molecule has 0 saturated heterocycles. The standard InChI is InChI=1S/C9H9FN4O/c1-6-2-8(14-15-6)5-13-9-11-3-7(10)4-12-9/h2-4H,5H2,1H3,(H,11,12,13). The third-order valence-electron chi connectivity index (χ3n) is 1.72. The Hall–Kier alpha value is -1.98. The van der Waals surface area contributed by atoms with Gasteiger partial charge in [0.1, 0.15) is 11.5 Å². The summed E-state index contributed by atoms with van der Waals surface area (Å²) in [6.07, 6.45) is 2.20. The summed E-state index contributed by atoms with van der Waals surface area (Å²) < 4.78 is 17.4. The van der Waals surface area contributed by atoms with Gasteiger partial charge in [-0.3, -0.25) is 0 Å². The highest BCUT2D eigenvalue weighted by molar-refractivity contribution is 5.24. The van der Waals surface area contributed by atoms with E-state index in [0.717, 1.165) is 23.8 Å². The maximum absolute atomic E-state index is 12.5. The van der Waals surface area contributed by atoms with Crippen LogP contribution < -0.4 is 5.32 Å².